The van der Waals surface area contributed by atoms with Gasteiger partial charge in [-0.05, 0) is 43.4 Å². The molecule has 0 unspecified atom stereocenters. The standard InChI is InChI=1S/C17H19N3O5S/c1-4-25-12-5-7-13(15(10-12)20(21)22)18-17(26)19-14-9-11(23-2)6-8-16(14)24-3/h5-10H,4H2,1-3H3,(H2,18,19,26). The highest BCUT2D eigenvalue weighted by atomic mass is 32.1. The number of nitrogens with zero attached hydrogens (tertiary/aromatic N) is 1. The first-order valence-corrected chi connectivity index (χ1v) is 8.10. The molecular formula is C17H19N3O5S. The van der Waals surface area contributed by atoms with Gasteiger partial charge in [-0.15, -0.1) is 0 Å². The molecule has 138 valence electrons. The molecule has 2 aromatic carbocycles. The smallest absolute Gasteiger partial charge is 0.296 e. The molecule has 0 aromatic heterocycles. The zero-order chi connectivity index (χ0) is 19.1. The Hall–Kier alpha value is -3.07. The van der Waals surface area contributed by atoms with Crippen LogP contribution in [0.15, 0.2) is 36.4 Å². The number of thiocarbonyl (C=S) groups is 1. The summed E-state index contributed by atoms with van der Waals surface area (Å²) >= 11 is 5.26. The van der Waals surface area contributed by atoms with Crippen LogP contribution in [0.5, 0.6) is 17.2 Å². The van der Waals surface area contributed by atoms with Gasteiger partial charge in [-0.25, -0.2) is 0 Å². The Balaban J connectivity index is 2.21. The second kappa shape index (κ2) is 8.86. The summed E-state index contributed by atoms with van der Waals surface area (Å²) in [4.78, 5) is 10.8. The van der Waals surface area contributed by atoms with E-state index in [1.807, 2.05) is 0 Å². The maximum Gasteiger partial charge on any atom is 0.296 e. The SMILES string of the molecule is CCOc1ccc(NC(=S)Nc2cc(OC)ccc2OC)c([N+](=O)[O-])c1. The van der Waals surface area contributed by atoms with Crippen LogP contribution in [-0.4, -0.2) is 30.9 Å². The average molecular weight is 377 g/mol. The van der Waals surface area contributed by atoms with Crippen molar-refractivity contribution in [1.82, 2.24) is 0 Å². The highest BCUT2D eigenvalue weighted by Crippen LogP contribution is 2.31. The van der Waals surface area contributed by atoms with Gasteiger partial charge in [-0.3, -0.25) is 10.1 Å². The summed E-state index contributed by atoms with van der Waals surface area (Å²) in [5.41, 5.74) is 0.675. The molecular weight excluding hydrogens is 358 g/mol. The molecule has 0 saturated heterocycles. The summed E-state index contributed by atoms with van der Waals surface area (Å²) in [5.74, 6) is 1.58. The van der Waals surface area contributed by atoms with E-state index in [1.165, 1.54) is 13.2 Å². The van der Waals surface area contributed by atoms with E-state index in [9.17, 15) is 10.1 Å². The molecule has 26 heavy (non-hydrogen) atoms. The minimum absolute atomic E-state index is 0.141. The van der Waals surface area contributed by atoms with Gasteiger partial charge in [0.2, 0.25) is 0 Å². The van der Waals surface area contributed by atoms with Gasteiger partial charge in [0.1, 0.15) is 22.9 Å². The zero-order valence-corrected chi connectivity index (χ0v) is 15.4. The molecule has 9 heteroatoms. The largest absolute Gasteiger partial charge is 0.497 e. The second-order valence-electron chi connectivity index (χ2n) is 5.01. The molecule has 0 aliphatic heterocycles. The fraction of sp³-hybridized carbons (Fsp3) is 0.235. The van der Waals surface area contributed by atoms with Crippen LogP contribution in [0, 0.1) is 10.1 Å². The summed E-state index contributed by atoms with van der Waals surface area (Å²) in [7, 11) is 3.08. The predicted octanol–water partition coefficient (Wildman–Crippen LogP) is 3.82. The maximum absolute atomic E-state index is 11.3. The minimum Gasteiger partial charge on any atom is -0.497 e. The number of nitrogens with one attached hydrogen (secondary N) is 2. The molecule has 2 rings (SSSR count). The van der Waals surface area contributed by atoms with Crippen LogP contribution >= 0.6 is 12.2 Å². The molecule has 0 amide bonds. The Kier molecular flexibility index (Phi) is 6.56. The lowest BCUT2D eigenvalue weighted by Crippen LogP contribution is -2.20. The van der Waals surface area contributed by atoms with Crippen LogP contribution in [0.1, 0.15) is 6.92 Å². The van der Waals surface area contributed by atoms with E-state index in [0.29, 0.717) is 29.5 Å². The van der Waals surface area contributed by atoms with Crippen molar-refractivity contribution in [3.05, 3.63) is 46.5 Å². The van der Waals surface area contributed by atoms with E-state index in [2.05, 4.69) is 10.6 Å². The van der Waals surface area contributed by atoms with Gasteiger partial charge in [-0.2, -0.15) is 0 Å². The molecule has 0 fully saturated rings. The Morgan fingerprint density at radius 2 is 1.77 bits per heavy atom. The third-order valence-corrected chi connectivity index (χ3v) is 3.58. The third kappa shape index (κ3) is 4.73. The van der Waals surface area contributed by atoms with Crippen molar-refractivity contribution in [2.75, 3.05) is 31.5 Å². The second-order valence-corrected chi connectivity index (χ2v) is 5.42. The minimum atomic E-state index is -0.500. The molecule has 0 atom stereocenters. The molecule has 2 N–H and O–H groups in total. The van der Waals surface area contributed by atoms with Gasteiger partial charge in [0, 0.05) is 6.07 Å². The molecule has 0 radical (unpaired) electrons. The average Bonchev–Trinajstić information content (AvgIpc) is 2.62. The number of nitro benzene ring substituents is 1. The number of nitro groups is 1. The molecule has 0 spiro atoms. The van der Waals surface area contributed by atoms with Crippen LogP contribution in [0.3, 0.4) is 0 Å². The number of methoxy groups -OCH3 is 2. The fourth-order valence-corrected chi connectivity index (χ4v) is 2.43. The number of hydrogen-bond donors (Lipinski definition) is 2. The predicted molar refractivity (Wildman–Crippen MR) is 104 cm³/mol. The maximum atomic E-state index is 11.3. The normalized spacial score (nSPS) is 9.96. The van der Waals surface area contributed by atoms with Gasteiger partial charge < -0.3 is 24.8 Å². The summed E-state index contributed by atoms with van der Waals surface area (Å²) in [6.07, 6.45) is 0. The molecule has 0 aliphatic carbocycles. The van der Waals surface area contributed by atoms with Crippen molar-refractivity contribution in [3.8, 4) is 17.2 Å². The van der Waals surface area contributed by atoms with Crippen LogP contribution in [0.25, 0.3) is 0 Å². The van der Waals surface area contributed by atoms with Crippen LogP contribution in [-0.2, 0) is 0 Å². The molecule has 0 saturated carbocycles. The van der Waals surface area contributed by atoms with E-state index in [0.717, 1.165) is 0 Å². The van der Waals surface area contributed by atoms with Gasteiger partial charge in [0.05, 0.1) is 37.5 Å². The molecule has 2 aromatic rings. The van der Waals surface area contributed by atoms with Crippen LogP contribution < -0.4 is 24.8 Å². The Morgan fingerprint density at radius 3 is 2.38 bits per heavy atom. The lowest BCUT2D eigenvalue weighted by Gasteiger charge is -2.15. The summed E-state index contributed by atoms with van der Waals surface area (Å²) < 4.78 is 15.7. The first kappa shape index (κ1) is 19.3. The van der Waals surface area contributed by atoms with Crippen molar-refractivity contribution < 1.29 is 19.1 Å². The topological polar surface area (TPSA) is 94.9 Å². The molecule has 8 nitrogen and oxygen atoms in total. The summed E-state index contributed by atoms with van der Waals surface area (Å²) in [5, 5.41) is 17.3. The number of anilines is 2. The van der Waals surface area contributed by atoms with E-state index in [-0.39, 0.29) is 16.5 Å². The van der Waals surface area contributed by atoms with Crippen molar-refractivity contribution in [3.63, 3.8) is 0 Å². The lowest BCUT2D eigenvalue weighted by atomic mass is 10.2. The van der Waals surface area contributed by atoms with Crippen LogP contribution in [0.2, 0.25) is 0 Å². The van der Waals surface area contributed by atoms with Crippen LogP contribution in [0.4, 0.5) is 17.1 Å². The molecule has 0 aliphatic rings. The monoisotopic (exact) mass is 377 g/mol. The molecule has 0 bridgehead atoms. The quantitative estimate of drug-likeness (QED) is 0.427. The zero-order valence-electron chi connectivity index (χ0n) is 14.6. The third-order valence-electron chi connectivity index (χ3n) is 3.38. The fourth-order valence-electron chi connectivity index (χ4n) is 2.21. The van der Waals surface area contributed by atoms with Crippen molar-refractivity contribution >= 4 is 34.4 Å². The Labute approximate surface area is 156 Å². The summed E-state index contributed by atoms with van der Waals surface area (Å²) in [6, 6.07) is 9.70. The van der Waals surface area contributed by atoms with E-state index in [4.69, 9.17) is 26.4 Å². The van der Waals surface area contributed by atoms with Gasteiger partial charge >= 0.3 is 0 Å². The first-order valence-electron chi connectivity index (χ1n) is 7.69. The number of benzene rings is 2. The van der Waals surface area contributed by atoms with E-state index < -0.39 is 4.92 Å². The Morgan fingerprint density at radius 1 is 1.08 bits per heavy atom. The highest BCUT2D eigenvalue weighted by molar-refractivity contribution is 7.80. The van der Waals surface area contributed by atoms with E-state index in [1.54, 1.807) is 44.4 Å². The first-order chi connectivity index (χ1) is 12.5. The summed E-state index contributed by atoms with van der Waals surface area (Å²) in [6.45, 7) is 2.22. The highest BCUT2D eigenvalue weighted by Gasteiger charge is 2.17. The van der Waals surface area contributed by atoms with Gasteiger partial charge in [0.15, 0.2) is 5.11 Å². The van der Waals surface area contributed by atoms with Crippen molar-refractivity contribution in [1.29, 1.82) is 0 Å². The van der Waals surface area contributed by atoms with E-state index >= 15 is 0 Å². The Bertz CT molecular complexity index is 813. The lowest BCUT2D eigenvalue weighted by molar-refractivity contribution is -0.384. The molecule has 0 heterocycles. The van der Waals surface area contributed by atoms with Crippen molar-refractivity contribution in [2.24, 2.45) is 0 Å². The van der Waals surface area contributed by atoms with Gasteiger partial charge in [0.25, 0.3) is 5.69 Å². The van der Waals surface area contributed by atoms with Gasteiger partial charge in [-0.1, -0.05) is 0 Å². The number of rotatable bonds is 7. The number of ether oxygens (including phenoxy) is 3. The van der Waals surface area contributed by atoms with Crippen molar-refractivity contribution in [2.45, 2.75) is 6.92 Å². The number of hydrogen-bond acceptors (Lipinski definition) is 6.